The average Bonchev–Trinajstić information content (AvgIpc) is 2.38. The number of allylic oxidation sites excluding steroid dienone is 2. The van der Waals surface area contributed by atoms with Gasteiger partial charge in [0.15, 0.2) is 0 Å². The number of fused-ring (bicyclic) bond motifs is 1. The van der Waals surface area contributed by atoms with Crippen LogP contribution in [0.1, 0.15) is 81.9 Å². The zero-order valence-corrected chi connectivity index (χ0v) is 13.9. The van der Waals surface area contributed by atoms with Crippen molar-refractivity contribution < 1.29 is 0 Å². The standard InChI is InChI=1S/C20H30/c1-14(2)7-6-8-16(4)19-12-10-17(5)18-11-9-15(3)13-20(18)19/h7,9,11,13,16-17,19H,6,8,10,12H2,1-5H3/t16-,17-,19-/m0/s1. The highest BCUT2D eigenvalue weighted by atomic mass is 14.3. The fourth-order valence-electron chi connectivity index (χ4n) is 3.63. The third-order valence-electron chi connectivity index (χ3n) is 4.94. The number of hydrogen-bond acceptors (Lipinski definition) is 0. The van der Waals surface area contributed by atoms with Gasteiger partial charge >= 0.3 is 0 Å². The van der Waals surface area contributed by atoms with Crippen molar-refractivity contribution in [1.29, 1.82) is 0 Å². The van der Waals surface area contributed by atoms with Gasteiger partial charge in [0.25, 0.3) is 0 Å². The fraction of sp³-hybridized carbons (Fsp3) is 0.600. The molecule has 0 unspecified atom stereocenters. The molecule has 0 amide bonds. The Morgan fingerprint density at radius 2 is 2.00 bits per heavy atom. The molecule has 0 aromatic heterocycles. The van der Waals surface area contributed by atoms with Crippen molar-refractivity contribution in [1.82, 2.24) is 0 Å². The van der Waals surface area contributed by atoms with Crippen molar-refractivity contribution in [3.63, 3.8) is 0 Å². The van der Waals surface area contributed by atoms with Gasteiger partial charge in [-0.2, -0.15) is 0 Å². The Bertz CT molecular complexity index is 477. The van der Waals surface area contributed by atoms with E-state index in [4.69, 9.17) is 0 Å². The van der Waals surface area contributed by atoms with Crippen LogP contribution in [0.4, 0.5) is 0 Å². The Hall–Kier alpha value is -1.04. The Balaban J connectivity index is 2.15. The van der Waals surface area contributed by atoms with Crippen molar-refractivity contribution in [3.05, 3.63) is 46.5 Å². The van der Waals surface area contributed by atoms with Gasteiger partial charge in [-0.05, 0) is 75.3 Å². The van der Waals surface area contributed by atoms with E-state index in [-0.39, 0.29) is 0 Å². The van der Waals surface area contributed by atoms with Crippen LogP contribution in [-0.4, -0.2) is 0 Å². The quantitative estimate of drug-likeness (QED) is 0.558. The molecule has 0 bridgehead atoms. The molecule has 3 atom stereocenters. The number of hydrogen-bond donors (Lipinski definition) is 0. The van der Waals surface area contributed by atoms with E-state index in [0.29, 0.717) is 0 Å². The molecule has 1 aromatic carbocycles. The normalized spacial score (nSPS) is 23.1. The fourth-order valence-corrected chi connectivity index (χ4v) is 3.63. The van der Waals surface area contributed by atoms with Crippen molar-refractivity contribution in [2.24, 2.45) is 5.92 Å². The Morgan fingerprint density at radius 3 is 2.70 bits per heavy atom. The molecule has 1 aliphatic carbocycles. The highest BCUT2D eigenvalue weighted by Crippen LogP contribution is 2.43. The second-order valence-electron chi connectivity index (χ2n) is 7.05. The molecule has 0 radical (unpaired) electrons. The van der Waals surface area contributed by atoms with E-state index in [0.717, 1.165) is 17.8 Å². The first-order valence-corrected chi connectivity index (χ1v) is 8.23. The summed E-state index contributed by atoms with van der Waals surface area (Å²) in [6.45, 7) is 11.5. The zero-order chi connectivity index (χ0) is 14.7. The van der Waals surface area contributed by atoms with Crippen molar-refractivity contribution in [2.45, 2.75) is 72.1 Å². The van der Waals surface area contributed by atoms with Gasteiger partial charge < -0.3 is 0 Å². The van der Waals surface area contributed by atoms with E-state index in [9.17, 15) is 0 Å². The summed E-state index contributed by atoms with van der Waals surface area (Å²) < 4.78 is 0. The topological polar surface area (TPSA) is 0 Å². The Labute approximate surface area is 125 Å². The van der Waals surface area contributed by atoms with Gasteiger partial charge in [-0.3, -0.25) is 0 Å². The molecule has 2 rings (SSSR count). The lowest BCUT2D eigenvalue weighted by Gasteiger charge is -2.34. The minimum absolute atomic E-state index is 0.742. The van der Waals surface area contributed by atoms with E-state index < -0.39 is 0 Å². The minimum atomic E-state index is 0.742. The molecule has 0 saturated heterocycles. The minimum Gasteiger partial charge on any atom is -0.0859 e. The molecule has 0 N–H and O–H groups in total. The van der Waals surface area contributed by atoms with Crippen LogP contribution < -0.4 is 0 Å². The predicted molar refractivity (Wildman–Crippen MR) is 89.4 cm³/mol. The SMILES string of the molecule is CC(C)=CCC[C@H](C)[C@@H]1CC[C@H](C)c2ccc(C)cc21. The van der Waals surface area contributed by atoms with Gasteiger partial charge in [-0.25, -0.2) is 0 Å². The second-order valence-corrected chi connectivity index (χ2v) is 7.05. The maximum atomic E-state index is 2.45. The van der Waals surface area contributed by atoms with Gasteiger partial charge in [0, 0.05) is 0 Å². The maximum absolute atomic E-state index is 2.45. The molecular formula is C20H30. The van der Waals surface area contributed by atoms with Crippen molar-refractivity contribution in [3.8, 4) is 0 Å². The summed E-state index contributed by atoms with van der Waals surface area (Å²) in [5, 5.41) is 0. The number of benzene rings is 1. The first-order chi connectivity index (χ1) is 9.49. The van der Waals surface area contributed by atoms with Crippen LogP contribution in [0.5, 0.6) is 0 Å². The van der Waals surface area contributed by atoms with Crippen molar-refractivity contribution >= 4 is 0 Å². The summed E-state index contributed by atoms with van der Waals surface area (Å²) in [4.78, 5) is 0. The average molecular weight is 270 g/mol. The first kappa shape index (κ1) is 15.4. The van der Waals surface area contributed by atoms with Crippen LogP contribution in [0, 0.1) is 12.8 Å². The van der Waals surface area contributed by atoms with E-state index in [1.807, 2.05) is 0 Å². The molecule has 1 aromatic rings. The molecule has 0 spiro atoms. The largest absolute Gasteiger partial charge is 0.0859 e. The number of rotatable bonds is 4. The van der Waals surface area contributed by atoms with Gasteiger partial charge in [0.05, 0.1) is 0 Å². The van der Waals surface area contributed by atoms with Crippen LogP contribution in [0.25, 0.3) is 0 Å². The molecule has 1 aliphatic rings. The molecule has 0 fully saturated rings. The summed E-state index contributed by atoms with van der Waals surface area (Å²) in [5.41, 5.74) is 6.12. The van der Waals surface area contributed by atoms with E-state index in [1.54, 1.807) is 11.1 Å². The van der Waals surface area contributed by atoms with Gasteiger partial charge in [-0.15, -0.1) is 0 Å². The highest BCUT2D eigenvalue weighted by molar-refractivity contribution is 5.38. The molecule has 0 aliphatic heterocycles. The summed E-state index contributed by atoms with van der Waals surface area (Å²) in [6.07, 6.45) is 7.66. The lowest BCUT2D eigenvalue weighted by Crippen LogP contribution is -2.18. The third kappa shape index (κ3) is 3.53. The summed E-state index contributed by atoms with van der Waals surface area (Å²) in [5.74, 6) is 2.30. The van der Waals surface area contributed by atoms with Crippen LogP contribution in [0.3, 0.4) is 0 Å². The molecule has 0 saturated carbocycles. The first-order valence-electron chi connectivity index (χ1n) is 8.23. The lowest BCUT2D eigenvalue weighted by atomic mass is 9.71. The Morgan fingerprint density at radius 1 is 1.25 bits per heavy atom. The molecule has 110 valence electrons. The second kappa shape index (κ2) is 6.61. The van der Waals surface area contributed by atoms with Crippen LogP contribution in [-0.2, 0) is 0 Å². The van der Waals surface area contributed by atoms with E-state index >= 15 is 0 Å². The molecular weight excluding hydrogens is 240 g/mol. The summed E-state index contributed by atoms with van der Waals surface area (Å²) in [7, 11) is 0. The monoisotopic (exact) mass is 270 g/mol. The maximum Gasteiger partial charge on any atom is -0.0133 e. The van der Waals surface area contributed by atoms with Crippen LogP contribution >= 0.6 is 0 Å². The third-order valence-corrected chi connectivity index (χ3v) is 4.94. The van der Waals surface area contributed by atoms with Gasteiger partial charge in [0.2, 0.25) is 0 Å². The van der Waals surface area contributed by atoms with E-state index in [1.165, 1.54) is 36.8 Å². The zero-order valence-electron chi connectivity index (χ0n) is 13.9. The van der Waals surface area contributed by atoms with E-state index in [2.05, 4.69) is 58.9 Å². The summed E-state index contributed by atoms with van der Waals surface area (Å²) >= 11 is 0. The van der Waals surface area contributed by atoms with Crippen molar-refractivity contribution in [2.75, 3.05) is 0 Å². The molecule has 0 nitrogen and oxygen atoms in total. The molecule has 20 heavy (non-hydrogen) atoms. The smallest absolute Gasteiger partial charge is 0.0133 e. The summed E-state index contributed by atoms with van der Waals surface area (Å²) in [6, 6.07) is 7.11. The van der Waals surface area contributed by atoms with Crippen LogP contribution in [0.2, 0.25) is 0 Å². The molecule has 0 heteroatoms. The van der Waals surface area contributed by atoms with Crippen LogP contribution in [0.15, 0.2) is 29.8 Å². The number of aryl methyl sites for hydroxylation is 1. The highest BCUT2D eigenvalue weighted by Gasteiger charge is 2.28. The molecule has 0 heterocycles. The van der Waals surface area contributed by atoms with Gasteiger partial charge in [0.1, 0.15) is 0 Å². The Kier molecular flexibility index (Phi) is 5.07. The lowest BCUT2D eigenvalue weighted by molar-refractivity contribution is 0.370. The van der Waals surface area contributed by atoms with Gasteiger partial charge in [-0.1, -0.05) is 49.3 Å². The predicted octanol–water partition coefficient (Wildman–Crippen LogP) is 6.36.